The summed E-state index contributed by atoms with van der Waals surface area (Å²) >= 11 is 1.36. The number of benzene rings is 1. The summed E-state index contributed by atoms with van der Waals surface area (Å²) in [6.07, 6.45) is 1.36. The van der Waals surface area contributed by atoms with Gasteiger partial charge in [0.05, 0.1) is 12.2 Å². The van der Waals surface area contributed by atoms with Gasteiger partial charge in [-0.05, 0) is 31.2 Å². The molecule has 0 saturated heterocycles. The zero-order valence-corrected chi connectivity index (χ0v) is 17.8. The third-order valence-corrected chi connectivity index (χ3v) is 5.53. The van der Waals surface area contributed by atoms with Crippen molar-refractivity contribution in [2.24, 2.45) is 0 Å². The molecule has 0 unspecified atom stereocenters. The van der Waals surface area contributed by atoms with Crippen molar-refractivity contribution < 1.29 is 14.3 Å². The summed E-state index contributed by atoms with van der Waals surface area (Å²) in [5.41, 5.74) is 1.28. The van der Waals surface area contributed by atoms with Crippen LogP contribution in [0.5, 0.6) is 0 Å². The summed E-state index contributed by atoms with van der Waals surface area (Å²) in [5, 5.41) is 7.73. The second kappa shape index (κ2) is 8.14. The van der Waals surface area contributed by atoms with Crippen molar-refractivity contribution in [3.8, 4) is 0 Å². The summed E-state index contributed by atoms with van der Waals surface area (Å²) in [6.45, 7) is 1.73. The molecule has 4 aromatic rings. The summed E-state index contributed by atoms with van der Waals surface area (Å²) in [7, 11) is 3.73. The quantitative estimate of drug-likeness (QED) is 0.445. The maximum absolute atomic E-state index is 12.6. The Balaban J connectivity index is 1.54. The van der Waals surface area contributed by atoms with E-state index in [1.165, 1.54) is 22.1 Å². The van der Waals surface area contributed by atoms with Crippen LogP contribution in [0.25, 0.3) is 16.0 Å². The standard InChI is InChI=1S/C19H19N7O4S/c1-4-30-17(28)11-5-7-12(8-6-11)21-13(27)9-26-19(29)25-10-20-15-14(16(25)23-26)31-18(22-15)24(2)3/h5-8,10H,4,9H2,1-3H3,(H,21,27). The number of thiazole rings is 1. The number of carbonyl (C=O) groups excluding carboxylic acids is 2. The van der Waals surface area contributed by atoms with Crippen molar-refractivity contribution in [3.05, 3.63) is 46.6 Å². The van der Waals surface area contributed by atoms with E-state index in [0.29, 0.717) is 27.2 Å². The van der Waals surface area contributed by atoms with Crippen LogP contribution in [-0.2, 0) is 16.1 Å². The molecule has 0 fully saturated rings. The molecule has 0 saturated carbocycles. The fraction of sp³-hybridized carbons (Fsp3) is 0.263. The van der Waals surface area contributed by atoms with E-state index in [2.05, 4.69) is 20.4 Å². The first-order valence-corrected chi connectivity index (χ1v) is 10.2. The molecule has 0 atom stereocenters. The van der Waals surface area contributed by atoms with Crippen LogP contribution in [0.15, 0.2) is 35.4 Å². The van der Waals surface area contributed by atoms with Gasteiger partial charge in [-0.25, -0.2) is 23.7 Å². The Morgan fingerprint density at radius 2 is 1.97 bits per heavy atom. The average Bonchev–Trinajstić information content (AvgIpc) is 3.31. The fourth-order valence-corrected chi connectivity index (χ4v) is 3.78. The number of hydrogen-bond acceptors (Lipinski definition) is 9. The van der Waals surface area contributed by atoms with Crippen LogP contribution in [0.1, 0.15) is 17.3 Å². The molecule has 11 nitrogen and oxygen atoms in total. The Morgan fingerprint density at radius 1 is 1.23 bits per heavy atom. The van der Waals surface area contributed by atoms with E-state index in [9.17, 15) is 14.4 Å². The number of nitrogens with one attached hydrogen (secondary N) is 1. The normalized spacial score (nSPS) is 11.1. The molecule has 0 aliphatic heterocycles. The molecule has 0 radical (unpaired) electrons. The highest BCUT2D eigenvalue weighted by Crippen LogP contribution is 2.28. The van der Waals surface area contributed by atoms with Crippen molar-refractivity contribution in [3.63, 3.8) is 0 Å². The molecule has 1 N–H and O–H groups in total. The van der Waals surface area contributed by atoms with Gasteiger partial charge in [0, 0.05) is 19.8 Å². The molecule has 3 heterocycles. The third-order valence-electron chi connectivity index (χ3n) is 4.32. The lowest BCUT2D eigenvalue weighted by Crippen LogP contribution is -2.28. The molecule has 0 aliphatic rings. The fourth-order valence-electron chi connectivity index (χ4n) is 2.86. The SMILES string of the molecule is CCOC(=O)c1ccc(NC(=O)Cn2nc3c4sc(N(C)C)nc4ncn3c2=O)cc1. The second-order valence-corrected chi connectivity index (χ2v) is 7.75. The lowest BCUT2D eigenvalue weighted by Gasteiger charge is -2.06. The number of hydrogen-bond donors (Lipinski definition) is 1. The molecule has 1 aromatic carbocycles. The van der Waals surface area contributed by atoms with Crippen LogP contribution in [0.4, 0.5) is 10.8 Å². The van der Waals surface area contributed by atoms with Gasteiger partial charge in [0.1, 0.15) is 17.6 Å². The first-order valence-electron chi connectivity index (χ1n) is 9.36. The zero-order valence-electron chi connectivity index (χ0n) is 17.0. The molecule has 0 bridgehead atoms. The summed E-state index contributed by atoms with van der Waals surface area (Å²) < 4.78 is 7.96. The number of nitrogens with zero attached hydrogens (tertiary/aromatic N) is 6. The molecular formula is C19H19N7O4S. The Bertz CT molecular complexity index is 1340. The number of fused-ring (bicyclic) bond motifs is 3. The molecule has 12 heteroatoms. The van der Waals surface area contributed by atoms with Crippen LogP contribution in [0, 0.1) is 0 Å². The minimum atomic E-state index is -0.475. The highest BCUT2D eigenvalue weighted by Gasteiger charge is 2.17. The monoisotopic (exact) mass is 441 g/mol. The number of ether oxygens (including phenoxy) is 1. The van der Waals surface area contributed by atoms with Gasteiger partial charge in [-0.1, -0.05) is 11.3 Å². The maximum atomic E-state index is 12.6. The Labute approximate surface area is 179 Å². The number of carbonyl (C=O) groups is 2. The van der Waals surface area contributed by atoms with Gasteiger partial charge in [-0.15, -0.1) is 5.10 Å². The predicted molar refractivity (Wildman–Crippen MR) is 116 cm³/mol. The average molecular weight is 441 g/mol. The van der Waals surface area contributed by atoms with Gasteiger partial charge in [0.25, 0.3) is 0 Å². The second-order valence-electron chi connectivity index (χ2n) is 6.77. The van der Waals surface area contributed by atoms with E-state index in [1.807, 2.05) is 19.0 Å². The van der Waals surface area contributed by atoms with Crippen LogP contribution in [0.2, 0.25) is 0 Å². The lowest BCUT2D eigenvalue weighted by molar-refractivity contribution is -0.117. The number of esters is 1. The van der Waals surface area contributed by atoms with E-state index in [1.54, 1.807) is 31.2 Å². The van der Waals surface area contributed by atoms with E-state index < -0.39 is 17.6 Å². The number of rotatable bonds is 6. The summed E-state index contributed by atoms with van der Waals surface area (Å²) in [6, 6.07) is 6.28. The first kappa shape index (κ1) is 20.5. The zero-order chi connectivity index (χ0) is 22.1. The molecule has 31 heavy (non-hydrogen) atoms. The highest BCUT2D eigenvalue weighted by atomic mass is 32.1. The molecule has 1 amide bonds. The molecule has 4 rings (SSSR count). The van der Waals surface area contributed by atoms with Crippen molar-refractivity contribution in [2.75, 3.05) is 30.9 Å². The maximum Gasteiger partial charge on any atom is 0.352 e. The van der Waals surface area contributed by atoms with E-state index >= 15 is 0 Å². The van der Waals surface area contributed by atoms with E-state index in [-0.39, 0.29) is 13.2 Å². The molecule has 0 aliphatic carbocycles. The molecule has 3 aromatic heterocycles. The van der Waals surface area contributed by atoms with Gasteiger partial charge >= 0.3 is 11.7 Å². The van der Waals surface area contributed by atoms with Crippen molar-refractivity contribution in [2.45, 2.75) is 13.5 Å². The minimum absolute atomic E-state index is 0.277. The van der Waals surface area contributed by atoms with E-state index in [4.69, 9.17) is 4.74 Å². The van der Waals surface area contributed by atoms with Crippen molar-refractivity contribution >= 4 is 50.0 Å². The van der Waals surface area contributed by atoms with Gasteiger partial charge in [0.2, 0.25) is 5.91 Å². The molecular weight excluding hydrogens is 422 g/mol. The van der Waals surface area contributed by atoms with Crippen molar-refractivity contribution in [1.29, 1.82) is 0 Å². The molecule has 160 valence electrons. The van der Waals surface area contributed by atoms with Gasteiger partial charge in [0.15, 0.2) is 16.4 Å². The predicted octanol–water partition coefficient (Wildman–Crippen LogP) is 1.38. The summed E-state index contributed by atoms with van der Waals surface area (Å²) in [5.74, 6) is -0.867. The van der Waals surface area contributed by atoms with E-state index in [0.717, 1.165) is 9.81 Å². The van der Waals surface area contributed by atoms with Crippen LogP contribution in [0.3, 0.4) is 0 Å². The summed E-state index contributed by atoms with van der Waals surface area (Å²) in [4.78, 5) is 47.3. The van der Waals surface area contributed by atoms with Crippen LogP contribution in [-0.4, -0.2) is 56.7 Å². The largest absolute Gasteiger partial charge is 0.462 e. The van der Waals surface area contributed by atoms with Crippen LogP contribution < -0.4 is 15.9 Å². The van der Waals surface area contributed by atoms with Crippen molar-refractivity contribution in [1.82, 2.24) is 24.1 Å². The Hall–Kier alpha value is -3.80. The smallest absolute Gasteiger partial charge is 0.352 e. The van der Waals surface area contributed by atoms with Gasteiger partial charge in [-0.2, -0.15) is 4.98 Å². The minimum Gasteiger partial charge on any atom is -0.462 e. The third kappa shape index (κ3) is 3.97. The highest BCUT2D eigenvalue weighted by molar-refractivity contribution is 7.22. The van der Waals surface area contributed by atoms with Gasteiger partial charge < -0.3 is 15.0 Å². The Morgan fingerprint density at radius 3 is 2.65 bits per heavy atom. The Kier molecular flexibility index (Phi) is 5.38. The molecule has 0 spiro atoms. The number of anilines is 2. The topological polar surface area (TPSA) is 124 Å². The lowest BCUT2D eigenvalue weighted by atomic mass is 10.2. The number of aromatic nitrogens is 5. The van der Waals surface area contributed by atoms with Gasteiger partial charge in [-0.3, -0.25) is 4.79 Å². The number of amides is 1. The van der Waals surface area contributed by atoms with Crippen LogP contribution >= 0.6 is 11.3 Å². The first-order chi connectivity index (χ1) is 14.9.